The normalized spacial score (nSPS) is 10.0. The predicted octanol–water partition coefficient (Wildman–Crippen LogP) is 2.31. The van der Waals surface area contributed by atoms with E-state index in [-0.39, 0.29) is 12.1 Å². The fraction of sp³-hybridized carbons (Fsp3) is 0.176. The van der Waals surface area contributed by atoms with E-state index in [9.17, 15) is 14.0 Å². The Balaban J connectivity index is 1.82. The van der Waals surface area contributed by atoms with Gasteiger partial charge in [0.2, 0.25) is 0 Å². The van der Waals surface area contributed by atoms with Gasteiger partial charge in [-0.1, -0.05) is 24.3 Å². The van der Waals surface area contributed by atoms with Gasteiger partial charge in [0.05, 0.1) is 12.7 Å². The Morgan fingerprint density at radius 3 is 2.65 bits per heavy atom. The van der Waals surface area contributed by atoms with Crippen molar-refractivity contribution in [1.29, 1.82) is 0 Å². The molecule has 1 N–H and O–H groups in total. The molecule has 0 fully saturated rings. The zero-order valence-corrected chi connectivity index (χ0v) is 12.5. The number of carbonyl (C=O) groups is 2. The molecule has 0 heterocycles. The maximum Gasteiger partial charge on any atom is 0.338 e. The summed E-state index contributed by atoms with van der Waals surface area (Å²) >= 11 is 0. The van der Waals surface area contributed by atoms with Crippen molar-refractivity contribution in [2.75, 3.05) is 13.7 Å². The summed E-state index contributed by atoms with van der Waals surface area (Å²) in [7, 11) is 1.49. The minimum atomic E-state index is -0.634. The highest BCUT2D eigenvalue weighted by molar-refractivity contribution is 5.91. The molecular formula is C17H16FNO4. The van der Waals surface area contributed by atoms with Crippen molar-refractivity contribution in [3.05, 3.63) is 65.5 Å². The van der Waals surface area contributed by atoms with Gasteiger partial charge >= 0.3 is 5.97 Å². The number of benzene rings is 2. The Kier molecular flexibility index (Phi) is 5.68. The van der Waals surface area contributed by atoms with Gasteiger partial charge in [0.15, 0.2) is 6.61 Å². The van der Waals surface area contributed by atoms with Crippen molar-refractivity contribution in [2.24, 2.45) is 0 Å². The van der Waals surface area contributed by atoms with Gasteiger partial charge in [0.25, 0.3) is 5.91 Å². The van der Waals surface area contributed by atoms with Gasteiger partial charge in [-0.05, 0) is 24.3 Å². The topological polar surface area (TPSA) is 64.6 Å². The van der Waals surface area contributed by atoms with Crippen LogP contribution in [0.4, 0.5) is 4.39 Å². The standard InChI is InChI=1S/C17H16FNO4/c1-22-14-7-4-6-12(9-14)17(21)23-11-16(20)19-10-13-5-2-3-8-15(13)18/h2-9H,10-11H2,1H3,(H,19,20). The Morgan fingerprint density at radius 2 is 1.91 bits per heavy atom. The van der Waals surface area contributed by atoms with Crippen molar-refractivity contribution >= 4 is 11.9 Å². The predicted molar refractivity (Wildman–Crippen MR) is 81.5 cm³/mol. The van der Waals surface area contributed by atoms with E-state index < -0.39 is 24.3 Å². The number of ether oxygens (including phenoxy) is 2. The Morgan fingerprint density at radius 1 is 1.13 bits per heavy atom. The van der Waals surface area contributed by atoms with E-state index in [0.717, 1.165) is 0 Å². The van der Waals surface area contributed by atoms with E-state index in [1.165, 1.54) is 19.2 Å². The summed E-state index contributed by atoms with van der Waals surface area (Å²) in [6, 6.07) is 12.5. The van der Waals surface area contributed by atoms with Crippen LogP contribution in [-0.2, 0) is 16.1 Å². The van der Waals surface area contributed by atoms with Crippen LogP contribution in [0.2, 0.25) is 0 Å². The zero-order chi connectivity index (χ0) is 16.7. The molecule has 2 aromatic carbocycles. The number of rotatable bonds is 6. The first kappa shape index (κ1) is 16.5. The van der Waals surface area contributed by atoms with Crippen LogP contribution in [0.5, 0.6) is 5.75 Å². The maximum absolute atomic E-state index is 13.4. The second-order valence-corrected chi connectivity index (χ2v) is 4.68. The summed E-state index contributed by atoms with van der Waals surface area (Å²) in [5.74, 6) is -1.03. The fourth-order valence-electron chi connectivity index (χ4n) is 1.85. The van der Waals surface area contributed by atoms with E-state index in [1.54, 1.807) is 36.4 Å². The van der Waals surface area contributed by atoms with Crippen LogP contribution >= 0.6 is 0 Å². The lowest BCUT2D eigenvalue weighted by Gasteiger charge is -2.08. The van der Waals surface area contributed by atoms with Crippen LogP contribution in [0.1, 0.15) is 15.9 Å². The first-order chi connectivity index (χ1) is 11.1. The molecule has 0 spiro atoms. The number of methoxy groups -OCH3 is 1. The van der Waals surface area contributed by atoms with Crippen LogP contribution in [-0.4, -0.2) is 25.6 Å². The van der Waals surface area contributed by atoms with Gasteiger partial charge in [-0.25, -0.2) is 9.18 Å². The van der Waals surface area contributed by atoms with Crippen molar-refractivity contribution in [2.45, 2.75) is 6.54 Å². The van der Waals surface area contributed by atoms with E-state index in [2.05, 4.69) is 5.32 Å². The minimum Gasteiger partial charge on any atom is -0.497 e. The summed E-state index contributed by atoms with van der Waals surface area (Å²) in [4.78, 5) is 23.5. The number of hydrogen-bond donors (Lipinski definition) is 1. The third kappa shape index (κ3) is 4.81. The maximum atomic E-state index is 13.4. The van der Waals surface area contributed by atoms with Crippen LogP contribution in [0.15, 0.2) is 48.5 Å². The van der Waals surface area contributed by atoms with E-state index in [0.29, 0.717) is 11.3 Å². The van der Waals surface area contributed by atoms with Gasteiger partial charge < -0.3 is 14.8 Å². The molecule has 0 aromatic heterocycles. The van der Waals surface area contributed by atoms with E-state index >= 15 is 0 Å². The molecule has 0 saturated carbocycles. The molecule has 0 aliphatic carbocycles. The molecule has 5 nitrogen and oxygen atoms in total. The second-order valence-electron chi connectivity index (χ2n) is 4.68. The fourth-order valence-corrected chi connectivity index (χ4v) is 1.85. The lowest BCUT2D eigenvalue weighted by Crippen LogP contribution is -2.28. The van der Waals surface area contributed by atoms with Crippen molar-refractivity contribution in [3.8, 4) is 5.75 Å². The lowest BCUT2D eigenvalue weighted by molar-refractivity contribution is -0.124. The van der Waals surface area contributed by atoms with Crippen LogP contribution < -0.4 is 10.1 Å². The molecule has 0 radical (unpaired) electrons. The molecule has 6 heteroatoms. The van der Waals surface area contributed by atoms with Crippen LogP contribution in [0, 0.1) is 5.82 Å². The minimum absolute atomic E-state index is 0.0300. The second kappa shape index (κ2) is 7.93. The Hall–Kier alpha value is -2.89. The molecule has 0 saturated heterocycles. The average molecular weight is 317 g/mol. The third-order valence-electron chi connectivity index (χ3n) is 3.07. The first-order valence-electron chi connectivity index (χ1n) is 6.91. The number of amides is 1. The first-order valence-corrected chi connectivity index (χ1v) is 6.91. The Labute approximate surface area is 133 Å². The average Bonchev–Trinajstić information content (AvgIpc) is 2.59. The highest BCUT2D eigenvalue weighted by Gasteiger charge is 2.11. The summed E-state index contributed by atoms with van der Waals surface area (Å²) in [5.41, 5.74) is 0.645. The molecule has 0 atom stereocenters. The monoisotopic (exact) mass is 317 g/mol. The number of hydrogen-bond acceptors (Lipinski definition) is 4. The molecular weight excluding hydrogens is 301 g/mol. The smallest absolute Gasteiger partial charge is 0.338 e. The van der Waals surface area contributed by atoms with Crippen molar-refractivity contribution < 1.29 is 23.5 Å². The van der Waals surface area contributed by atoms with Gasteiger partial charge in [0.1, 0.15) is 11.6 Å². The summed E-state index contributed by atoms with van der Waals surface area (Å²) in [5, 5.41) is 2.49. The van der Waals surface area contributed by atoms with Crippen LogP contribution in [0.25, 0.3) is 0 Å². The summed E-state index contributed by atoms with van der Waals surface area (Å²) < 4.78 is 23.3. The molecule has 0 aliphatic rings. The van der Waals surface area contributed by atoms with Crippen LogP contribution in [0.3, 0.4) is 0 Å². The van der Waals surface area contributed by atoms with Gasteiger partial charge in [-0.15, -0.1) is 0 Å². The van der Waals surface area contributed by atoms with Gasteiger partial charge in [-0.3, -0.25) is 4.79 Å². The zero-order valence-electron chi connectivity index (χ0n) is 12.5. The van der Waals surface area contributed by atoms with E-state index in [4.69, 9.17) is 9.47 Å². The van der Waals surface area contributed by atoms with Gasteiger partial charge in [0, 0.05) is 12.1 Å². The molecule has 23 heavy (non-hydrogen) atoms. The molecule has 1 amide bonds. The number of halogens is 1. The molecule has 0 aliphatic heterocycles. The van der Waals surface area contributed by atoms with Gasteiger partial charge in [-0.2, -0.15) is 0 Å². The van der Waals surface area contributed by atoms with E-state index in [1.807, 2.05) is 0 Å². The largest absolute Gasteiger partial charge is 0.497 e. The van der Waals surface area contributed by atoms with Crippen molar-refractivity contribution in [3.63, 3.8) is 0 Å². The summed E-state index contributed by atoms with van der Waals surface area (Å²) in [6.07, 6.45) is 0. The van der Waals surface area contributed by atoms with Crippen molar-refractivity contribution in [1.82, 2.24) is 5.32 Å². The lowest BCUT2D eigenvalue weighted by atomic mass is 10.2. The number of esters is 1. The molecule has 2 aromatic rings. The number of carbonyl (C=O) groups excluding carboxylic acids is 2. The third-order valence-corrected chi connectivity index (χ3v) is 3.07. The highest BCUT2D eigenvalue weighted by Crippen LogP contribution is 2.13. The molecule has 0 unspecified atom stereocenters. The molecule has 0 bridgehead atoms. The molecule has 2 rings (SSSR count). The Bertz CT molecular complexity index is 702. The highest BCUT2D eigenvalue weighted by atomic mass is 19.1. The SMILES string of the molecule is COc1cccc(C(=O)OCC(=O)NCc2ccccc2F)c1. The quantitative estimate of drug-likeness (QED) is 0.830. The summed E-state index contributed by atoms with van der Waals surface area (Å²) in [6.45, 7) is -0.410. The number of nitrogens with one attached hydrogen (secondary N) is 1. The molecule has 120 valence electrons.